The third-order valence-corrected chi connectivity index (χ3v) is 14.1. The van der Waals surface area contributed by atoms with E-state index in [0.29, 0.717) is 121 Å². The fourth-order valence-corrected chi connectivity index (χ4v) is 9.59. The van der Waals surface area contributed by atoms with Crippen molar-refractivity contribution in [1.29, 1.82) is 0 Å². The van der Waals surface area contributed by atoms with Crippen molar-refractivity contribution >= 4 is 73.0 Å². The normalized spacial score (nSPS) is 17.9. The second-order valence-electron chi connectivity index (χ2n) is 17.9. The lowest BCUT2D eigenvalue weighted by Gasteiger charge is -2.31. The fraction of sp³-hybridized carbons (Fsp3) is 0.479. The van der Waals surface area contributed by atoms with Gasteiger partial charge in [-0.05, 0) is 80.2 Å². The number of aromatic nitrogens is 4. The molecule has 8 bridgehead atoms. The Balaban J connectivity index is 0.00000110. The number of carboxylic acids is 1. The number of aliphatic carboxylic acids is 1. The Bertz CT molecular complexity index is 2900. The Morgan fingerprint density at radius 1 is 0.930 bits per heavy atom. The number of alkyl halides is 3. The SMILES string of the molecule is CCC1=C(C)c2cc3nc(cc4[nH]c(c5c6[nH]c(cc1n2)c(C)c6C(=O)N(CCN1CCOCC1)C5=O)[C@@H](CCC(=O)N(C)CCN)[C@@H]4C)C(C)=C3/C=C/C(=O)N(C)CCS(=O)(=O)O.O=C(O)C(F)(F)F. The minimum Gasteiger partial charge on any atom is -0.475 e. The highest BCUT2D eigenvalue weighted by atomic mass is 32.2. The molecule has 2 atom stereocenters. The number of aryl methyl sites for hydroxylation is 1. The number of carbonyl (C=O) groups is 5. The molecule has 19 nitrogen and oxygen atoms in total. The number of nitrogens with two attached hydrogens (primary N) is 1. The topological polar surface area (TPSA) is 266 Å². The van der Waals surface area contributed by atoms with Crippen molar-refractivity contribution in [3.63, 3.8) is 0 Å². The van der Waals surface area contributed by atoms with E-state index in [1.165, 1.54) is 22.9 Å². The van der Waals surface area contributed by atoms with Crippen molar-refractivity contribution in [2.45, 2.75) is 71.9 Å². The van der Waals surface area contributed by atoms with E-state index in [1.807, 2.05) is 52.8 Å². The number of ether oxygens (including phenoxy) is 1. The van der Waals surface area contributed by atoms with Gasteiger partial charge in [-0.15, -0.1) is 0 Å². The van der Waals surface area contributed by atoms with Crippen LogP contribution in [0.25, 0.3) is 33.3 Å². The minimum absolute atomic E-state index is 0.0739. The maximum Gasteiger partial charge on any atom is 0.490 e. The predicted molar refractivity (Wildman–Crippen MR) is 259 cm³/mol. The Morgan fingerprint density at radius 3 is 2.18 bits per heavy atom. The van der Waals surface area contributed by atoms with Crippen LogP contribution in [0, 0.1) is 6.92 Å². The highest BCUT2D eigenvalue weighted by Gasteiger charge is 2.41. The maximum atomic E-state index is 15.1. The number of allylic oxidation sites excluding steroid dienone is 5. The first kappa shape index (κ1) is 54.1. The number of carbonyl (C=O) groups excluding carboxylic acids is 4. The average Bonchev–Trinajstić information content (AvgIpc) is 3.99. The van der Waals surface area contributed by atoms with Crippen LogP contribution in [0.1, 0.15) is 119 Å². The van der Waals surface area contributed by atoms with Crippen LogP contribution in [-0.4, -0.2) is 172 Å². The van der Waals surface area contributed by atoms with Crippen LogP contribution in [0.3, 0.4) is 0 Å². The molecule has 0 saturated carbocycles. The van der Waals surface area contributed by atoms with Crippen molar-refractivity contribution in [2.24, 2.45) is 5.73 Å². The summed E-state index contributed by atoms with van der Waals surface area (Å²) < 4.78 is 69.3. The summed E-state index contributed by atoms with van der Waals surface area (Å²) in [6.07, 6.45) is -0.830. The van der Waals surface area contributed by atoms with E-state index >= 15 is 4.79 Å². The number of rotatable bonds is 14. The Hall–Kier alpha value is -6.27. The summed E-state index contributed by atoms with van der Waals surface area (Å²) in [6, 6.07) is 5.75. The quantitative estimate of drug-likeness (QED) is 0.0930. The van der Waals surface area contributed by atoms with Crippen molar-refractivity contribution < 1.29 is 60.0 Å². The van der Waals surface area contributed by atoms with Crippen LogP contribution in [0.4, 0.5) is 13.2 Å². The van der Waals surface area contributed by atoms with Crippen molar-refractivity contribution in [3.05, 3.63) is 81.2 Å². The van der Waals surface area contributed by atoms with Gasteiger partial charge >= 0.3 is 12.1 Å². The monoisotopic (exact) mass is 1010 g/mol. The molecule has 6 N–H and O–H groups in total. The minimum atomic E-state index is -5.08. The Morgan fingerprint density at radius 2 is 1.56 bits per heavy atom. The first-order valence-corrected chi connectivity index (χ1v) is 24.7. The predicted octanol–water partition coefficient (Wildman–Crippen LogP) is 5.17. The third kappa shape index (κ3) is 12.1. The van der Waals surface area contributed by atoms with Crippen molar-refractivity contribution in [1.82, 2.24) is 39.5 Å². The van der Waals surface area contributed by atoms with Gasteiger partial charge in [-0.1, -0.05) is 13.8 Å². The number of aromatic amines is 2. The molecule has 0 radical (unpaired) electrons. The van der Waals surface area contributed by atoms with Crippen LogP contribution >= 0.6 is 0 Å². The van der Waals surface area contributed by atoms with Gasteiger partial charge in [0, 0.05) is 107 Å². The molecule has 2 aromatic heterocycles. The summed E-state index contributed by atoms with van der Waals surface area (Å²) in [5.41, 5.74) is 15.5. The molecule has 1 saturated heterocycles. The molecule has 1 fully saturated rings. The molecule has 0 aromatic carbocycles. The summed E-state index contributed by atoms with van der Waals surface area (Å²) >= 11 is 0. The van der Waals surface area contributed by atoms with E-state index < -0.39 is 39.8 Å². The number of imide groups is 1. The van der Waals surface area contributed by atoms with E-state index in [0.717, 1.165) is 22.4 Å². The number of nitrogens with one attached hydrogen (secondary N) is 2. The molecular weight excluding hydrogens is 952 g/mol. The molecule has 4 amide bonds. The number of hydrogen-bond acceptors (Lipinski definition) is 12. The second kappa shape index (κ2) is 22.0. The zero-order valence-electron chi connectivity index (χ0n) is 40.7. The molecular formula is C48H60F3N9O10S. The molecule has 0 spiro atoms. The largest absolute Gasteiger partial charge is 0.490 e. The number of halogens is 3. The van der Waals surface area contributed by atoms with Gasteiger partial charge in [-0.3, -0.25) is 33.5 Å². The molecule has 384 valence electrons. The molecule has 5 aliphatic heterocycles. The fourth-order valence-electron chi connectivity index (χ4n) is 9.08. The van der Waals surface area contributed by atoms with Crippen molar-refractivity contribution in [3.8, 4) is 0 Å². The van der Waals surface area contributed by atoms with Gasteiger partial charge in [0.25, 0.3) is 21.9 Å². The summed E-state index contributed by atoms with van der Waals surface area (Å²) in [7, 11) is -1.09. The lowest BCUT2D eigenvalue weighted by atomic mass is 9.84. The first-order valence-electron chi connectivity index (χ1n) is 23.1. The standard InChI is InChI=1S/C46H59N9O8S.C2HF3O2/c1-8-30-26(2)34-24-38-31(9-11-40(57)53(7)19-22-64(60,61)62)27(3)33(49-38)23-35-28(4)32(10-12-39(56)52(6)14-13-47)43(50-35)42-44-41(29(5)36(51-44)25-37(30)48-34)45(58)55(46(42)59)16-15-54-17-20-63-21-18-54;3-2(4,5)1(6)7/h9,11,23-25,28,32,50-51H,8,10,12-22,47H2,1-7H3,(H,60,61,62);(H,6,7)/b11-9+,35-23?,37-25?,38-24?,43-42?;/t28-,32-;/m0./s1. The second-order valence-corrected chi connectivity index (χ2v) is 19.5. The van der Waals surface area contributed by atoms with Gasteiger partial charge in [-0.2, -0.15) is 21.6 Å². The molecule has 2 aromatic rings. The highest BCUT2D eigenvalue weighted by Crippen LogP contribution is 2.45. The molecule has 23 heteroatoms. The number of fused-ring (bicyclic) bond motifs is 8. The van der Waals surface area contributed by atoms with Crippen LogP contribution in [0.2, 0.25) is 0 Å². The highest BCUT2D eigenvalue weighted by molar-refractivity contribution is 7.85. The zero-order chi connectivity index (χ0) is 52.3. The van der Waals surface area contributed by atoms with Gasteiger partial charge in [0.1, 0.15) is 0 Å². The summed E-state index contributed by atoms with van der Waals surface area (Å²) in [5, 5.41) is 7.12. The Kier molecular flexibility index (Phi) is 16.8. The van der Waals surface area contributed by atoms with Crippen molar-refractivity contribution in [2.75, 3.05) is 78.9 Å². The smallest absolute Gasteiger partial charge is 0.475 e. The zero-order valence-corrected chi connectivity index (χ0v) is 41.5. The van der Waals surface area contributed by atoms with Crippen LogP contribution in [0.5, 0.6) is 0 Å². The number of H-pyrrole nitrogens is 2. The summed E-state index contributed by atoms with van der Waals surface area (Å²) in [5.74, 6) is -5.28. The van der Waals surface area contributed by atoms with Gasteiger partial charge in [0.2, 0.25) is 11.8 Å². The van der Waals surface area contributed by atoms with Gasteiger partial charge in [0.05, 0.1) is 58.4 Å². The third-order valence-electron chi connectivity index (χ3n) is 13.4. The van der Waals surface area contributed by atoms with E-state index in [-0.39, 0.29) is 43.2 Å². The van der Waals surface area contributed by atoms with Crippen LogP contribution < -0.4 is 5.73 Å². The van der Waals surface area contributed by atoms with Crippen LogP contribution in [-0.2, 0) is 29.2 Å². The number of nitrogens with zero attached hydrogens (tertiary/aromatic N) is 6. The van der Waals surface area contributed by atoms with E-state index in [2.05, 4.69) is 14.9 Å². The first-order chi connectivity index (χ1) is 33.4. The molecule has 0 aliphatic carbocycles. The van der Waals surface area contributed by atoms with E-state index in [9.17, 15) is 40.5 Å². The van der Waals surface area contributed by atoms with Gasteiger partial charge in [-0.25, -0.2) is 14.8 Å². The van der Waals surface area contributed by atoms with Gasteiger partial charge in [0.15, 0.2) is 0 Å². The molecule has 5 aliphatic rings. The maximum absolute atomic E-state index is 15.1. The lowest BCUT2D eigenvalue weighted by Crippen LogP contribution is -2.47. The lowest BCUT2D eigenvalue weighted by molar-refractivity contribution is -0.192. The number of amides is 4. The number of morpholine rings is 1. The van der Waals surface area contributed by atoms with E-state index in [1.54, 1.807) is 18.0 Å². The average molecular weight is 1010 g/mol. The van der Waals surface area contributed by atoms with Crippen LogP contribution in [0.15, 0.2) is 30.4 Å². The van der Waals surface area contributed by atoms with E-state index in [4.69, 9.17) is 30.3 Å². The number of hydrogen-bond donors (Lipinski definition) is 5. The molecule has 0 unspecified atom stereocenters. The summed E-state index contributed by atoms with van der Waals surface area (Å²) in [6.45, 7) is 13.6. The molecule has 71 heavy (non-hydrogen) atoms. The molecule has 7 rings (SSSR count). The number of likely N-dealkylation sites (N-methyl/N-ethyl adjacent to an activating group) is 2. The molecule has 7 heterocycles. The number of carboxylic acid groups (broad SMARTS) is 1. The van der Waals surface area contributed by atoms with Gasteiger partial charge < -0.3 is 35.3 Å². The Labute approximate surface area is 409 Å². The summed E-state index contributed by atoms with van der Waals surface area (Å²) in [4.78, 5) is 89.0.